The van der Waals surface area contributed by atoms with Gasteiger partial charge in [-0.1, -0.05) is 13.8 Å². The Morgan fingerprint density at radius 2 is 2.41 bits per heavy atom. The maximum atomic E-state index is 11.7. The molecule has 2 aromatic heterocycles. The van der Waals surface area contributed by atoms with E-state index in [0.717, 1.165) is 5.69 Å². The van der Waals surface area contributed by atoms with Crippen molar-refractivity contribution < 1.29 is 4.79 Å². The van der Waals surface area contributed by atoms with Gasteiger partial charge in [-0.15, -0.1) is 16.4 Å². The second kappa shape index (κ2) is 5.05. The molecule has 0 atom stereocenters. The summed E-state index contributed by atoms with van der Waals surface area (Å²) in [5.74, 6) is 0.816. The average molecular weight is 251 g/mol. The summed E-state index contributed by atoms with van der Waals surface area (Å²) in [6, 6.07) is 0. The summed E-state index contributed by atoms with van der Waals surface area (Å²) in [5, 5.41) is 11.2. The standard InChI is InChI=1S/C10H13N5OS/c1-6(2)8-13-9(15-14-8)10(16)11-3-7-4-17-5-12-7/h4-6H,3H2,1-2H3,(H,11,16)(H,13,14,15). The fourth-order valence-corrected chi connectivity index (χ4v) is 1.77. The van der Waals surface area contributed by atoms with E-state index in [0.29, 0.717) is 12.4 Å². The number of nitrogens with one attached hydrogen (secondary N) is 2. The van der Waals surface area contributed by atoms with Gasteiger partial charge in [0.1, 0.15) is 5.82 Å². The first kappa shape index (κ1) is 11.7. The maximum Gasteiger partial charge on any atom is 0.291 e. The third-order valence-corrected chi connectivity index (χ3v) is 2.80. The molecule has 0 aliphatic carbocycles. The van der Waals surface area contributed by atoms with Crippen LogP contribution in [0.1, 0.15) is 41.9 Å². The fraction of sp³-hybridized carbons (Fsp3) is 0.400. The molecule has 90 valence electrons. The van der Waals surface area contributed by atoms with Crippen LogP contribution in [0.4, 0.5) is 0 Å². The molecule has 0 saturated heterocycles. The minimum atomic E-state index is -0.291. The van der Waals surface area contributed by atoms with E-state index in [1.165, 1.54) is 11.3 Å². The largest absolute Gasteiger partial charge is 0.344 e. The molecule has 6 nitrogen and oxygen atoms in total. The Kier molecular flexibility index (Phi) is 3.48. The monoisotopic (exact) mass is 251 g/mol. The zero-order valence-corrected chi connectivity index (χ0v) is 10.4. The average Bonchev–Trinajstić information content (AvgIpc) is 2.96. The molecule has 0 unspecified atom stereocenters. The molecule has 2 rings (SSSR count). The molecular formula is C10H13N5OS. The van der Waals surface area contributed by atoms with Gasteiger partial charge < -0.3 is 5.32 Å². The molecule has 0 aromatic carbocycles. The zero-order chi connectivity index (χ0) is 12.3. The van der Waals surface area contributed by atoms with Gasteiger partial charge in [-0.2, -0.15) is 0 Å². The molecule has 0 aliphatic heterocycles. The van der Waals surface area contributed by atoms with Crippen LogP contribution in [0, 0.1) is 0 Å². The Morgan fingerprint density at radius 3 is 3.00 bits per heavy atom. The topological polar surface area (TPSA) is 83.6 Å². The molecule has 2 aromatic rings. The van der Waals surface area contributed by atoms with Crippen molar-refractivity contribution in [3.63, 3.8) is 0 Å². The minimum absolute atomic E-state index is 0.170. The molecule has 0 radical (unpaired) electrons. The van der Waals surface area contributed by atoms with Crippen LogP contribution in [0.3, 0.4) is 0 Å². The van der Waals surface area contributed by atoms with Crippen LogP contribution in [0.25, 0.3) is 0 Å². The lowest BCUT2D eigenvalue weighted by Gasteiger charge is -1.98. The van der Waals surface area contributed by atoms with E-state index in [-0.39, 0.29) is 17.6 Å². The quantitative estimate of drug-likeness (QED) is 0.858. The Morgan fingerprint density at radius 1 is 1.59 bits per heavy atom. The lowest BCUT2D eigenvalue weighted by atomic mass is 10.2. The van der Waals surface area contributed by atoms with Gasteiger partial charge in [0.05, 0.1) is 17.7 Å². The van der Waals surface area contributed by atoms with Gasteiger partial charge in [0, 0.05) is 11.3 Å². The Balaban J connectivity index is 1.95. The van der Waals surface area contributed by atoms with Crippen LogP contribution in [-0.4, -0.2) is 26.1 Å². The molecule has 0 bridgehead atoms. The maximum absolute atomic E-state index is 11.7. The molecule has 7 heteroatoms. The summed E-state index contributed by atoms with van der Waals surface area (Å²) in [4.78, 5) is 19.9. The molecule has 0 fully saturated rings. The third-order valence-electron chi connectivity index (χ3n) is 2.17. The number of aromatic amines is 1. The highest BCUT2D eigenvalue weighted by Crippen LogP contribution is 2.07. The van der Waals surface area contributed by atoms with E-state index in [4.69, 9.17) is 0 Å². The van der Waals surface area contributed by atoms with Crippen LogP contribution in [0.15, 0.2) is 10.9 Å². The number of hydrogen-bond donors (Lipinski definition) is 2. The van der Waals surface area contributed by atoms with Crippen molar-refractivity contribution in [1.82, 2.24) is 25.5 Å². The van der Waals surface area contributed by atoms with Crippen LogP contribution in [0.2, 0.25) is 0 Å². The van der Waals surface area contributed by atoms with Gasteiger partial charge in [0.25, 0.3) is 5.91 Å². The van der Waals surface area contributed by atoms with Crippen molar-refractivity contribution in [2.45, 2.75) is 26.3 Å². The van der Waals surface area contributed by atoms with Crippen molar-refractivity contribution in [2.75, 3.05) is 0 Å². The van der Waals surface area contributed by atoms with Gasteiger partial charge in [-0.3, -0.25) is 9.89 Å². The summed E-state index contributed by atoms with van der Waals surface area (Å²) >= 11 is 1.50. The van der Waals surface area contributed by atoms with Gasteiger partial charge in [0.2, 0.25) is 5.82 Å². The highest BCUT2D eigenvalue weighted by molar-refractivity contribution is 7.07. The molecule has 0 saturated carbocycles. The SMILES string of the molecule is CC(C)c1nc(C(=O)NCc2cscn2)n[nH]1. The number of hydrogen-bond acceptors (Lipinski definition) is 5. The first-order valence-corrected chi connectivity index (χ1v) is 6.18. The van der Waals surface area contributed by atoms with Crippen LogP contribution in [0.5, 0.6) is 0 Å². The summed E-state index contributed by atoms with van der Waals surface area (Å²) in [7, 11) is 0. The molecule has 1 amide bonds. The normalized spacial score (nSPS) is 10.8. The number of thiazole rings is 1. The molecule has 2 N–H and O–H groups in total. The summed E-state index contributed by atoms with van der Waals surface area (Å²) in [6.07, 6.45) is 0. The van der Waals surface area contributed by atoms with Crippen molar-refractivity contribution in [3.8, 4) is 0 Å². The van der Waals surface area contributed by atoms with Crippen LogP contribution < -0.4 is 5.32 Å². The first-order valence-electron chi connectivity index (χ1n) is 5.24. The van der Waals surface area contributed by atoms with Gasteiger partial charge in [-0.05, 0) is 0 Å². The third kappa shape index (κ3) is 2.88. The van der Waals surface area contributed by atoms with Gasteiger partial charge in [0.15, 0.2) is 0 Å². The second-order valence-electron chi connectivity index (χ2n) is 3.86. The molecular weight excluding hydrogens is 238 g/mol. The van der Waals surface area contributed by atoms with Crippen molar-refractivity contribution in [1.29, 1.82) is 0 Å². The highest BCUT2D eigenvalue weighted by atomic mass is 32.1. The van der Waals surface area contributed by atoms with Crippen molar-refractivity contribution in [2.24, 2.45) is 0 Å². The second-order valence-corrected chi connectivity index (χ2v) is 4.58. The lowest BCUT2D eigenvalue weighted by Crippen LogP contribution is -2.24. The van der Waals surface area contributed by atoms with Crippen molar-refractivity contribution >= 4 is 17.2 Å². The van der Waals surface area contributed by atoms with E-state index in [2.05, 4.69) is 25.5 Å². The molecule has 2 heterocycles. The van der Waals surface area contributed by atoms with Crippen LogP contribution in [-0.2, 0) is 6.54 Å². The van der Waals surface area contributed by atoms with E-state index in [1.807, 2.05) is 19.2 Å². The van der Waals surface area contributed by atoms with E-state index >= 15 is 0 Å². The molecule has 17 heavy (non-hydrogen) atoms. The van der Waals surface area contributed by atoms with Crippen molar-refractivity contribution in [3.05, 3.63) is 28.2 Å². The predicted molar refractivity (Wildman–Crippen MR) is 63.8 cm³/mol. The number of H-pyrrole nitrogens is 1. The van der Waals surface area contributed by atoms with E-state index < -0.39 is 0 Å². The number of rotatable bonds is 4. The lowest BCUT2D eigenvalue weighted by molar-refractivity contribution is 0.0940. The minimum Gasteiger partial charge on any atom is -0.344 e. The van der Waals surface area contributed by atoms with Gasteiger partial charge in [-0.25, -0.2) is 9.97 Å². The number of carbonyl (C=O) groups is 1. The highest BCUT2D eigenvalue weighted by Gasteiger charge is 2.13. The summed E-state index contributed by atoms with van der Waals surface area (Å²) in [6.45, 7) is 4.36. The van der Waals surface area contributed by atoms with Gasteiger partial charge >= 0.3 is 0 Å². The summed E-state index contributed by atoms with van der Waals surface area (Å²) < 4.78 is 0. The molecule has 0 spiro atoms. The fourth-order valence-electron chi connectivity index (χ4n) is 1.21. The Labute approximate surface area is 103 Å². The number of nitrogens with zero attached hydrogens (tertiary/aromatic N) is 3. The van der Waals surface area contributed by atoms with E-state index in [1.54, 1.807) is 5.51 Å². The Hall–Kier alpha value is -1.76. The molecule has 0 aliphatic rings. The Bertz CT molecular complexity index is 491. The smallest absolute Gasteiger partial charge is 0.291 e. The number of amides is 1. The zero-order valence-electron chi connectivity index (χ0n) is 9.60. The number of aromatic nitrogens is 4. The van der Waals surface area contributed by atoms with Crippen LogP contribution >= 0.6 is 11.3 Å². The summed E-state index contributed by atoms with van der Waals surface area (Å²) in [5.41, 5.74) is 2.56. The number of carbonyl (C=O) groups excluding carboxylic acids is 1. The van der Waals surface area contributed by atoms with E-state index in [9.17, 15) is 4.79 Å². The predicted octanol–water partition coefficient (Wildman–Crippen LogP) is 1.31. The first-order chi connectivity index (χ1) is 8.16.